The van der Waals surface area contributed by atoms with Crippen molar-refractivity contribution in [2.24, 2.45) is 0 Å². The highest BCUT2D eigenvalue weighted by atomic mass is 35.7. The van der Waals surface area contributed by atoms with Crippen molar-refractivity contribution in [2.75, 3.05) is 0 Å². The van der Waals surface area contributed by atoms with Gasteiger partial charge in [-0.25, -0.2) is 26.2 Å². The number of halogens is 3. The van der Waals surface area contributed by atoms with Gasteiger partial charge in [-0.3, -0.25) is 0 Å². The SMILES string of the molecule is O=S(Cl)c1cn(S(=O)c2ccccc2)c2nc(C(F)F)ccc12. The minimum absolute atomic E-state index is 0.0500. The first kappa shape index (κ1) is 16.2. The van der Waals surface area contributed by atoms with Crippen LogP contribution in [-0.4, -0.2) is 17.4 Å². The molecule has 2 heterocycles. The second-order valence-corrected chi connectivity index (χ2v) is 7.60. The van der Waals surface area contributed by atoms with E-state index in [9.17, 15) is 17.2 Å². The van der Waals surface area contributed by atoms with Gasteiger partial charge in [0.05, 0.1) is 9.79 Å². The summed E-state index contributed by atoms with van der Waals surface area (Å²) in [5.41, 5.74) is -0.400. The summed E-state index contributed by atoms with van der Waals surface area (Å²) in [7, 11) is 2.03. The van der Waals surface area contributed by atoms with E-state index in [-0.39, 0.29) is 10.5 Å². The Hall–Kier alpha value is -1.64. The van der Waals surface area contributed by atoms with Gasteiger partial charge in [-0.1, -0.05) is 18.2 Å². The lowest BCUT2D eigenvalue weighted by Crippen LogP contribution is -2.05. The van der Waals surface area contributed by atoms with E-state index in [4.69, 9.17) is 10.7 Å². The summed E-state index contributed by atoms with van der Waals surface area (Å²) >= 11 is 0. The van der Waals surface area contributed by atoms with Crippen molar-refractivity contribution in [3.8, 4) is 0 Å². The van der Waals surface area contributed by atoms with E-state index in [0.29, 0.717) is 10.3 Å². The molecule has 0 fully saturated rings. The lowest BCUT2D eigenvalue weighted by Gasteiger charge is -2.05. The molecule has 0 aliphatic heterocycles. The number of fused-ring (bicyclic) bond motifs is 1. The molecule has 3 rings (SSSR count). The molecule has 2 atom stereocenters. The Morgan fingerprint density at radius 2 is 1.78 bits per heavy atom. The quantitative estimate of drug-likeness (QED) is 0.652. The molecular weight excluding hydrogens is 366 g/mol. The Labute approximate surface area is 139 Å². The number of pyridine rings is 1. The van der Waals surface area contributed by atoms with Gasteiger partial charge in [-0.15, -0.1) is 0 Å². The first-order valence-electron chi connectivity index (χ1n) is 6.34. The van der Waals surface area contributed by atoms with Crippen molar-refractivity contribution in [3.63, 3.8) is 0 Å². The van der Waals surface area contributed by atoms with Crippen LogP contribution in [0, 0.1) is 0 Å². The molecule has 3 aromatic rings. The third kappa shape index (κ3) is 3.06. The van der Waals surface area contributed by atoms with Gasteiger partial charge in [0, 0.05) is 11.6 Å². The van der Waals surface area contributed by atoms with Gasteiger partial charge in [0.1, 0.15) is 15.7 Å². The molecule has 0 N–H and O–H groups in total. The smallest absolute Gasteiger partial charge is 0.245 e. The first-order valence-corrected chi connectivity index (χ1v) is 9.43. The molecule has 0 bridgehead atoms. The van der Waals surface area contributed by atoms with Crippen molar-refractivity contribution < 1.29 is 17.2 Å². The topological polar surface area (TPSA) is 52.0 Å². The van der Waals surface area contributed by atoms with Crippen LogP contribution in [-0.2, 0) is 21.0 Å². The number of rotatable bonds is 4. The molecule has 0 aliphatic rings. The lowest BCUT2D eigenvalue weighted by molar-refractivity contribution is 0.146. The minimum atomic E-state index is -2.77. The molecule has 0 saturated heterocycles. The average Bonchev–Trinajstić information content (AvgIpc) is 2.94. The number of hydrogen-bond acceptors (Lipinski definition) is 3. The highest BCUT2D eigenvalue weighted by Crippen LogP contribution is 2.29. The van der Waals surface area contributed by atoms with Crippen molar-refractivity contribution in [1.82, 2.24) is 8.96 Å². The third-order valence-electron chi connectivity index (χ3n) is 3.13. The Morgan fingerprint density at radius 3 is 2.39 bits per heavy atom. The third-order valence-corrected chi connectivity index (χ3v) is 5.61. The van der Waals surface area contributed by atoms with Crippen LogP contribution in [0.1, 0.15) is 12.1 Å². The molecule has 23 heavy (non-hydrogen) atoms. The fourth-order valence-electron chi connectivity index (χ4n) is 2.09. The zero-order valence-electron chi connectivity index (χ0n) is 11.4. The van der Waals surface area contributed by atoms with Crippen LogP contribution >= 0.6 is 10.7 Å². The van der Waals surface area contributed by atoms with Crippen molar-refractivity contribution in [2.45, 2.75) is 16.2 Å². The molecule has 0 amide bonds. The summed E-state index contributed by atoms with van der Waals surface area (Å²) in [5, 5.41) is 0.326. The molecule has 120 valence electrons. The highest BCUT2D eigenvalue weighted by molar-refractivity contribution is 8.08. The van der Waals surface area contributed by atoms with E-state index in [0.717, 1.165) is 6.07 Å². The van der Waals surface area contributed by atoms with E-state index >= 15 is 0 Å². The van der Waals surface area contributed by atoms with Crippen LogP contribution in [0.3, 0.4) is 0 Å². The zero-order chi connectivity index (χ0) is 16.6. The van der Waals surface area contributed by atoms with Gasteiger partial charge in [0.25, 0.3) is 6.43 Å². The van der Waals surface area contributed by atoms with E-state index in [1.165, 1.54) is 16.2 Å². The number of nitrogens with zero attached hydrogens (tertiary/aromatic N) is 2. The predicted molar refractivity (Wildman–Crippen MR) is 85.2 cm³/mol. The monoisotopic (exact) mass is 374 g/mol. The fraction of sp³-hybridized carbons (Fsp3) is 0.0714. The van der Waals surface area contributed by atoms with E-state index < -0.39 is 33.1 Å². The molecule has 0 aliphatic carbocycles. The summed E-state index contributed by atoms with van der Waals surface area (Å²) in [4.78, 5) is 4.49. The van der Waals surface area contributed by atoms with Crippen LogP contribution in [0.5, 0.6) is 0 Å². The summed E-state index contributed by atoms with van der Waals surface area (Å²) in [6, 6.07) is 10.9. The van der Waals surface area contributed by atoms with Gasteiger partial charge in [0.15, 0.2) is 16.6 Å². The van der Waals surface area contributed by atoms with Crippen LogP contribution < -0.4 is 0 Å². The summed E-state index contributed by atoms with van der Waals surface area (Å²) in [6.45, 7) is 0. The van der Waals surface area contributed by atoms with Gasteiger partial charge in [-0.05, 0) is 34.9 Å². The minimum Gasteiger partial charge on any atom is -0.245 e. The van der Waals surface area contributed by atoms with Crippen molar-refractivity contribution in [1.29, 1.82) is 0 Å². The summed E-state index contributed by atoms with van der Waals surface area (Å²) < 4.78 is 51.3. The molecule has 1 aromatic carbocycles. The number of hydrogen-bond donors (Lipinski definition) is 0. The lowest BCUT2D eigenvalue weighted by atomic mass is 10.3. The van der Waals surface area contributed by atoms with Crippen LogP contribution in [0.4, 0.5) is 8.78 Å². The van der Waals surface area contributed by atoms with Gasteiger partial charge in [0.2, 0.25) is 0 Å². The molecule has 9 heteroatoms. The second-order valence-electron chi connectivity index (χ2n) is 4.51. The fourth-order valence-corrected chi connectivity index (χ4v) is 4.16. The zero-order valence-corrected chi connectivity index (χ0v) is 13.7. The average molecular weight is 375 g/mol. The number of alkyl halides is 2. The largest absolute Gasteiger partial charge is 0.280 e. The maximum Gasteiger partial charge on any atom is 0.280 e. The molecule has 0 spiro atoms. The van der Waals surface area contributed by atoms with Crippen LogP contribution in [0.15, 0.2) is 58.5 Å². The second kappa shape index (κ2) is 6.46. The van der Waals surface area contributed by atoms with Gasteiger partial charge in [-0.2, -0.15) is 0 Å². The van der Waals surface area contributed by atoms with Gasteiger partial charge >= 0.3 is 0 Å². The first-order chi connectivity index (χ1) is 11.0. The number of aromatic nitrogens is 2. The Bertz CT molecular complexity index is 916. The molecular formula is C14H9ClF2N2O2S2. The van der Waals surface area contributed by atoms with Crippen LogP contribution in [0.25, 0.3) is 11.0 Å². The van der Waals surface area contributed by atoms with E-state index in [1.807, 2.05) is 0 Å². The Morgan fingerprint density at radius 1 is 1.09 bits per heavy atom. The maximum absolute atomic E-state index is 12.9. The van der Waals surface area contributed by atoms with Crippen molar-refractivity contribution in [3.05, 3.63) is 54.4 Å². The summed E-state index contributed by atoms with van der Waals surface area (Å²) in [5.74, 6) is 0. The summed E-state index contributed by atoms with van der Waals surface area (Å²) in [6.07, 6.45) is -1.45. The Kier molecular flexibility index (Phi) is 4.56. The maximum atomic E-state index is 12.9. The number of benzene rings is 1. The van der Waals surface area contributed by atoms with Gasteiger partial charge < -0.3 is 0 Å². The molecule has 0 radical (unpaired) electrons. The van der Waals surface area contributed by atoms with Crippen molar-refractivity contribution >= 4 is 42.7 Å². The normalized spacial score (nSPS) is 14.3. The Balaban J connectivity index is 2.25. The molecule has 4 nitrogen and oxygen atoms in total. The van der Waals surface area contributed by atoms with Crippen LogP contribution in [0.2, 0.25) is 0 Å². The molecule has 2 unspecified atom stereocenters. The highest BCUT2D eigenvalue weighted by Gasteiger charge is 2.20. The van der Waals surface area contributed by atoms with E-state index in [1.54, 1.807) is 30.3 Å². The standard InChI is InChI=1S/C14H9ClF2N2O2S2/c15-22(20)12-8-19(23(21)9-4-2-1-3-5-9)14-10(12)6-7-11(18-14)13(16)17/h1-8,13H. The molecule has 2 aromatic heterocycles. The predicted octanol–water partition coefficient (Wildman–Crippen LogP) is 3.81. The molecule has 0 saturated carbocycles. The van der Waals surface area contributed by atoms with E-state index in [2.05, 4.69) is 4.98 Å².